The fourth-order valence-corrected chi connectivity index (χ4v) is 4.52. The maximum absolute atomic E-state index is 13.9. The molecule has 0 radical (unpaired) electrons. The minimum Gasteiger partial charge on any atom is -0.364 e. The van der Waals surface area contributed by atoms with Crippen LogP contribution >= 0.6 is 0 Å². The van der Waals surface area contributed by atoms with Gasteiger partial charge in [0.1, 0.15) is 11.5 Å². The molecule has 1 fully saturated rings. The highest BCUT2D eigenvalue weighted by Gasteiger charge is 2.25. The third-order valence-electron chi connectivity index (χ3n) is 6.28. The SMILES string of the molecule is Cc1cc(-c2nn(CC(C)C)c(=O)c(N3CCN(Cc4ccccc4)CC3)c2C)ccc1F. The molecule has 0 atom stereocenters. The van der Waals surface area contributed by atoms with Crippen LogP contribution in [0.15, 0.2) is 53.3 Å². The molecule has 0 N–H and O–H groups in total. The van der Waals surface area contributed by atoms with Crippen LogP contribution in [0, 0.1) is 25.6 Å². The summed E-state index contributed by atoms with van der Waals surface area (Å²) in [5, 5.41) is 4.72. The third kappa shape index (κ3) is 5.17. The maximum atomic E-state index is 13.9. The number of anilines is 1. The second kappa shape index (κ2) is 9.87. The Labute approximate surface area is 195 Å². The van der Waals surface area contributed by atoms with Gasteiger partial charge in [-0.3, -0.25) is 9.69 Å². The van der Waals surface area contributed by atoms with E-state index in [4.69, 9.17) is 5.10 Å². The second-order valence-electron chi connectivity index (χ2n) is 9.42. The summed E-state index contributed by atoms with van der Waals surface area (Å²) in [4.78, 5) is 18.1. The summed E-state index contributed by atoms with van der Waals surface area (Å²) in [7, 11) is 0. The minimum absolute atomic E-state index is 0.0414. The van der Waals surface area contributed by atoms with E-state index in [9.17, 15) is 9.18 Å². The number of piperazine rings is 1. The highest BCUT2D eigenvalue weighted by Crippen LogP contribution is 2.28. The van der Waals surface area contributed by atoms with Crippen molar-refractivity contribution < 1.29 is 4.39 Å². The first-order valence-electron chi connectivity index (χ1n) is 11.7. The summed E-state index contributed by atoms with van der Waals surface area (Å²) < 4.78 is 15.5. The van der Waals surface area contributed by atoms with Crippen molar-refractivity contribution in [2.75, 3.05) is 31.1 Å². The Morgan fingerprint density at radius 1 is 1.00 bits per heavy atom. The number of aromatic nitrogens is 2. The first-order chi connectivity index (χ1) is 15.8. The fourth-order valence-electron chi connectivity index (χ4n) is 4.52. The van der Waals surface area contributed by atoms with Crippen LogP contribution in [0.4, 0.5) is 10.1 Å². The van der Waals surface area contributed by atoms with Gasteiger partial charge in [-0.1, -0.05) is 44.2 Å². The number of hydrogen-bond acceptors (Lipinski definition) is 4. The molecule has 1 saturated heterocycles. The smallest absolute Gasteiger partial charge is 0.290 e. The van der Waals surface area contributed by atoms with E-state index in [0.29, 0.717) is 12.1 Å². The molecular formula is C27H33FN4O. The molecular weight excluding hydrogens is 415 g/mol. The molecule has 0 bridgehead atoms. The number of nitrogens with zero attached hydrogens (tertiary/aromatic N) is 4. The van der Waals surface area contributed by atoms with Crippen molar-refractivity contribution in [3.63, 3.8) is 0 Å². The highest BCUT2D eigenvalue weighted by molar-refractivity contribution is 5.70. The Balaban J connectivity index is 1.65. The van der Waals surface area contributed by atoms with Gasteiger partial charge in [0.25, 0.3) is 5.56 Å². The van der Waals surface area contributed by atoms with Crippen molar-refractivity contribution in [1.29, 1.82) is 0 Å². The van der Waals surface area contributed by atoms with Crippen LogP contribution in [-0.2, 0) is 13.1 Å². The predicted molar refractivity (Wildman–Crippen MR) is 132 cm³/mol. The zero-order valence-corrected chi connectivity index (χ0v) is 20.0. The molecule has 3 aromatic rings. The third-order valence-corrected chi connectivity index (χ3v) is 6.28. The highest BCUT2D eigenvalue weighted by atomic mass is 19.1. The molecule has 1 aliphatic rings. The molecule has 0 aliphatic carbocycles. The van der Waals surface area contributed by atoms with Crippen LogP contribution in [0.25, 0.3) is 11.3 Å². The quantitative estimate of drug-likeness (QED) is 0.551. The molecule has 0 saturated carbocycles. The van der Waals surface area contributed by atoms with Crippen LogP contribution in [0.5, 0.6) is 0 Å². The fraction of sp³-hybridized carbons (Fsp3) is 0.407. The predicted octanol–water partition coefficient (Wildman–Crippen LogP) is 4.64. The van der Waals surface area contributed by atoms with Gasteiger partial charge in [-0.2, -0.15) is 5.10 Å². The molecule has 0 spiro atoms. The molecule has 2 heterocycles. The standard InChI is InChI=1S/C27H33FN4O/c1-19(2)17-32-27(33)26(21(4)25(29-32)23-10-11-24(28)20(3)16-23)31-14-12-30(13-15-31)18-22-8-6-5-7-9-22/h5-11,16,19H,12-15,17-18H2,1-4H3. The van der Waals surface area contributed by atoms with E-state index < -0.39 is 0 Å². The Hall–Kier alpha value is -2.99. The Morgan fingerprint density at radius 3 is 2.33 bits per heavy atom. The first-order valence-corrected chi connectivity index (χ1v) is 11.7. The van der Waals surface area contributed by atoms with E-state index >= 15 is 0 Å². The Morgan fingerprint density at radius 2 is 1.70 bits per heavy atom. The van der Waals surface area contributed by atoms with Gasteiger partial charge >= 0.3 is 0 Å². The Kier molecular flexibility index (Phi) is 6.94. The van der Waals surface area contributed by atoms with E-state index in [1.165, 1.54) is 11.6 Å². The number of aryl methyl sites for hydroxylation is 1. The van der Waals surface area contributed by atoms with E-state index in [1.54, 1.807) is 17.7 Å². The monoisotopic (exact) mass is 448 g/mol. The number of hydrogen-bond donors (Lipinski definition) is 0. The van der Waals surface area contributed by atoms with Crippen molar-refractivity contribution in [2.45, 2.75) is 40.8 Å². The van der Waals surface area contributed by atoms with Crippen molar-refractivity contribution in [1.82, 2.24) is 14.7 Å². The molecule has 2 aromatic carbocycles. The van der Waals surface area contributed by atoms with Crippen LogP contribution in [-0.4, -0.2) is 40.9 Å². The van der Waals surface area contributed by atoms with E-state index in [2.05, 4.69) is 47.9 Å². The Bertz CT molecular complexity index is 1160. The lowest BCUT2D eigenvalue weighted by molar-refractivity contribution is 0.249. The van der Waals surface area contributed by atoms with E-state index in [-0.39, 0.29) is 17.3 Å². The maximum Gasteiger partial charge on any atom is 0.290 e. The van der Waals surface area contributed by atoms with Crippen LogP contribution in [0.1, 0.15) is 30.5 Å². The van der Waals surface area contributed by atoms with E-state index in [1.807, 2.05) is 19.1 Å². The summed E-state index contributed by atoms with van der Waals surface area (Å²) in [6.07, 6.45) is 0. The first kappa shape index (κ1) is 23.2. The molecule has 0 amide bonds. The summed E-state index contributed by atoms with van der Waals surface area (Å²) in [6.45, 7) is 12.7. The zero-order chi connectivity index (χ0) is 23.5. The number of benzene rings is 2. The molecule has 6 heteroatoms. The molecule has 1 aliphatic heterocycles. The average Bonchev–Trinajstić information content (AvgIpc) is 2.79. The van der Waals surface area contributed by atoms with Gasteiger partial charge in [0, 0.05) is 50.4 Å². The summed E-state index contributed by atoms with van der Waals surface area (Å²) in [5.74, 6) is 0.0537. The summed E-state index contributed by atoms with van der Waals surface area (Å²) in [5.41, 5.74) is 5.02. The normalized spacial score (nSPS) is 14.8. The van der Waals surface area contributed by atoms with Crippen molar-refractivity contribution >= 4 is 5.69 Å². The second-order valence-corrected chi connectivity index (χ2v) is 9.42. The molecule has 5 nitrogen and oxygen atoms in total. The molecule has 4 rings (SSSR count). The lowest BCUT2D eigenvalue weighted by atomic mass is 10.0. The van der Waals surface area contributed by atoms with Crippen molar-refractivity contribution in [3.8, 4) is 11.3 Å². The van der Waals surface area contributed by atoms with Gasteiger partial charge in [-0.15, -0.1) is 0 Å². The average molecular weight is 449 g/mol. The van der Waals surface area contributed by atoms with Gasteiger partial charge in [0.2, 0.25) is 0 Å². The number of halogens is 1. The zero-order valence-electron chi connectivity index (χ0n) is 20.0. The van der Waals surface area contributed by atoms with Crippen LogP contribution in [0.3, 0.4) is 0 Å². The lowest BCUT2D eigenvalue weighted by Gasteiger charge is -2.36. The number of rotatable bonds is 6. The van der Waals surface area contributed by atoms with Gasteiger partial charge in [-0.05, 0) is 49.1 Å². The van der Waals surface area contributed by atoms with Crippen molar-refractivity contribution in [3.05, 3.63) is 81.4 Å². The molecule has 33 heavy (non-hydrogen) atoms. The van der Waals surface area contributed by atoms with Gasteiger partial charge in [0.05, 0.1) is 5.69 Å². The lowest BCUT2D eigenvalue weighted by Crippen LogP contribution is -2.48. The largest absolute Gasteiger partial charge is 0.364 e. The topological polar surface area (TPSA) is 41.4 Å². The van der Waals surface area contributed by atoms with E-state index in [0.717, 1.165) is 55.2 Å². The van der Waals surface area contributed by atoms with Crippen molar-refractivity contribution in [2.24, 2.45) is 5.92 Å². The molecule has 174 valence electrons. The van der Waals surface area contributed by atoms with Gasteiger partial charge in [0.15, 0.2) is 0 Å². The summed E-state index contributed by atoms with van der Waals surface area (Å²) in [6, 6.07) is 15.5. The van der Waals surface area contributed by atoms with Gasteiger partial charge < -0.3 is 4.90 Å². The molecule has 1 aromatic heterocycles. The van der Waals surface area contributed by atoms with Crippen LogP contribution < -0.4 is 10.5 Å². The van der Waals surface area contributed by atoms with Gasteiger partial charge in [-0.25, -0.2) is 9.07 Å². The summed E-state index contributed by atoms with van der Waals surface area (Å²) >= 11 is 0. The minimum atomic E-state index is -0.235. The van der Waals surface area contributed by atoms with Crippen LogP contribution in [0.2, 0.25) is 0 Å². The molecule has 0 unspecified atom stereocenters.